The number of fused-ring (bicyclic) bond motifs is 1. The molecule has 2 aliphatic heterocycles. The van der Waals surface area contributed by atoms with E-state index in [1.54, 1.807) is 0 Å². The first-order valence-corrected chi connectivity index (χ1v) is 9.92. The highest BCUT2D eigenvalue weighted by atomic mass is 16.5. The number of morpholine rings is 1. The lowest BCUT2D eigenvalue weighted by Crippen LogP contribution is -2.45. The van der Waals surface area contributed by atoms with Gasteiger partial charge in [-0.3, -0.25) is 19.6 Å². The number of amides is 2. The van der Waals surface area contributed by atoms with Crippen LogP contribution < -0.4 is 5.32 Å². The number of H-pyrrole nitrogens is 1. The number of carbonyl (C=O) groups excluding carboxylic acids is 2. The van der Waals surface area contributed by atoms with Crippen LogP contribution in [0.1, 0.15) is 29.8 Å². The number of carbonyl (C=O) groups is 2. The first-order chi connectivity index (χ1) is 13.6. The predicted molar refractivity (Wildman–Crippen MR) is 105 cm³/mol. The highest BCUT2D eigenvalue weighted by molar-refractivity contribution is 6.04. The van der Waals surface area contributed by atoms with Gasteiger partial charge in [-0.05, 0) is 26.0 Å². The normalized spacial score (nSPS) is 23.2. The number of para-hydroxylation sites is 1. The van der Waals surface area contributed by atoms with E-state index in [0.717, 1.165) is 23.7 Å². The van der Waals surface area contributed by atoms with Gasteiger partial charge in [-0.2, -0.15) is 5.10 Å². The van der Waals surface area contributed by atoms with Crippen LogP contribution in [-0.4, -0.2) is 83.8 Å². The van der Waals surface area contributed by atoms with Crippen molar-refractivity contribution in [2.24, 2.45) is 0 Å². The third-order valence-corrected chi connectivity index (χ3v) is 5.94. The Morgan fingerprint density at radius 2 is 1.96 bits per heavy atom. The fraction of sp³-hybridized carbons (Fsp3) is 0.550. The second-order valence-electron chi connectivity index (χ2n) is 7.58. The third-order valence-electron chi connectivity index (χ3n) is 5.94. The highest BCUT2D eigenvalue weighted by Gasteiger charge is 2.33. The van der Waals surface area contributed by atoms with E-state index < -0.39 is 0 Å². The number of aromatic amines is 1. The molecule has 1 aromatic heterocycles. The van der Waals surface area contributed by atoms with Crippen LogP contribution in [0.4, 0.5) is 0 Å². The number of rotatable bonds is 5. The Morgan fingerprint density at radius 1 is 1.21 bits per heavy atom. The van der Waals surface area contributed by atoms with Gasteiger partial charge in [0.15, 0.2) is 5.69 Å². The van der Waals surface area contributed by atoms with E-state index in [2.05, 4.69) is 20.4 Å². The Kier molecular flexibility index (Phi) is 5.59. The topological polar surface area (TPSA) is 90.6 Å². The van der Waals surface area contributed by atoms with E-state index in [1.807, 2.05) is 36.2 Å². The molecule has 0 aliphatic carbocycles. The summed E-state index contributed by atoms with van der Waals surface area (Å²) in [5.74, 6) is 0.0338. The van der Waals surface area contributed by atoms with Crippen molar-refractivity contribution >= 4 is 22.7 Å². The van der Waals surface area contributed by atoms with Gasteiger partial charge in [0.2, 0.25) is 5.91 Å². The van der Waals surface area contributed by atoms with Gasteiger partial charge in [-0.1, -0.05) is 18.2 Å². The predicted octanol–water partition coefficient (Wildman–Crippen LogP) is 1.00. The molecule has 0 bridgehead atoms. The third kappa shape index (κ3) is 3.88. The smallest absolute Gasteiger partial charge is 0.272 e. The van der Waals surface area contributed by atoms with Crippen molar-refractivity contribution in [1.82, 2.24) is 25.3 Å². The SMILES string of the molecule is CN1[C@@H](CC(=O)N2CCOCC2)CC[C@H]1CNC(=O)c1n[nH]c2ccccc12. The molecule has 2 aliphatic rings. The summed E-state index contributed by atoms with van der Waals surface area (Å²) in [6.45, 7) is 3.18. The van der Waals surface area contributed by atoms with Crippen LogP contribution in [0.15, 0.2) is 24.3 Å². The minimum Gasteiger partial charge on any atom is -0.378 e. The lowest BCUT2D eigenvalue weighted by atomic mass is 10.1. The van der Waals surface area contributed by atoms with Gasteiger partial charge in [-0.15, -0.1) is 0 Å². The van der Waals surface area contributed by atoms with Crippen molar-refractivity contribution in [1.29, 1.82) is 0 Å². The van der Waals surface area contributed by atoms with Crippen molar-refractivity contribution in [3.63, 3.8) is 0 Å². The summed E-state index contributed by atoms with van der Waals surface area (Å²) in [5.41, 5.74) is 1.28. The number of aromatic nitrogens is 2. The molecule has 0 spiro atoms. The van der Waals surface area contributed by atoms with Crippen LogP contribution >= 0.6 is 0 Å². The van der Waals surface area contributed by atoms with Crippen molar-refractivity contribution in [3.8, 4) is 0 Å². The number of hydrogen-bond donors (Lipinski definition) is 2. The summed E-state index contributed by atoms with van der Waals surface area (Å²) in [5, 5.41) is 10.9. The number of likely N-dealkylation sites (N-methyl/N-ethyl adjacent to an activating group) is 1. The Bertz CT molecular complexity index is 845. The fourth-order valence-electron chi connectivity index (χ4n) is 4.16. The Balaban J connectivity index is 1.29. The molecule has 8 heteroatoms. The number of hydrogen-bond acceptors (Lipinski definition) is 5. The minimum absolute atomic E-state index is 0.168. The number of benzene rings is 1. The maximum absolute atomic E-state index is 12.6. The molecule has 0 radical (unpaired) electrons. The molecule has 28 heavy (non-hydrogen) atoms. The Morgan fingerprint density at radius 3 is 2.79 bits per heavy atom. The molecular formula is C20H27N5O3. The molecule has 4 rings (SSSR count). The molecular weight excluding hydrogens is 358 g/mol. The first-order valence-electron chi connectivity index (χ1n) is 9.92. The summed E-state index contributed by atoms with van der Waals surface area (Å²) in [4.78, 5) is 29.2. The van der Waals surface area contributed by atoms with Crippen molar-refractivity contribution in [2.45, 2.75) is 31.3 Å². The standard InChI is InChI=1S/C20H27N5O3/c1-24-14(12-18(26)25-8-10-28-11-9-25)6-7-15(24)13-21-20(27)19-16-4-2-3-5-17(16)22-23-19/h2-5,14-15H,6-13H2,1H3,(H,21,27)(H,22,23)/t14-,15+/m1/s1. The van der Waals surface area contributed by atoms with E-state index in [-0.39, 0.29) is 23.9 Å². The average Bonchev–Trinajstić information content (AvgIpc) is 3.31. The van der Waals surface area contributed by atoms with Gasteiger partial charge in [0.25, 0.3) is 5.91 Å². The average molecular weight is 385 g/mol. The number of likely N-dealkylation sites (tertiary alicyclic amines) is 1. The minimum atomic E-state index is -0.168. The van der Waals surface area contributed by atoms with Gasteiger partial charge in [-0.25, -0.2) is 0 Å². The quantitative estimate of drug-likeness (QED) is 0.802. The lowest BCUT2D eigenvalue weighted by molar-refractivity contribution is -0.136. The number of nitrogens with one attached hydrogen (secondary N) is 2. The zero-order chi connectivity index (χ0) is 19.5. The van der Waals surface area contributed by atoms with E-state index in [1.165, 1.54) is 0 Å². The van der Waals surface area contributed by atoms with Crippen LogP contribution in [0.25, 0.3) is 10.9 Å². The monoisotopic (exact) mass is 385 g/mol. The van der Waals surface area contributed by atoms with Gasteiger partial charge in [0, 0.05) is 43.5 Å². The van der Waals surface area contributed by atoms with Gasteiger partial charge in [0.05, 0.1) is 18.7 Å². The Labute approximate surface area is 164 Å². The molecule has 3 heterocycles. The molecule has 2 aromatic rings. The summed E-state index contributed by atoms with van der Waals surface area (Å²) in [6, 6.07) is 8.06. The second-order valence-corrected chi connectivity index (χ2v) is 7.58. The van der Waals surface area contributed by atoms with Crippen LogP contribution in [-0.2, 0) is 9.53 Å². The second kappa shape index (κ2) is 8.28. The fourth-order valence-corrected chi connectivity index (χ4v) is 4.16. The van der Waals surface area contributed by atoms with Crippen molar-refractivity contribution in [3.05, 3.63) is 30.0 Å². The summed E-state index contributed by atoms with van der Waals surface area (Å²) in [7, 11) is 2.05. The molecule has 1 aromatic carbocycles. The zero-order valence-corrected chi connectivity index (χ0v) is 16.2. The van der Waals surface area contributed by atoms with Crippen LogP contribution in [0, 0.1) is 0 Å². The molecule has 2 fully saturated rings. The molecule has 2 N–H and O–H groups in total. The number of ether oxygens (including phenoxy) is 1. The van der Waals surface area contributed by atoms with Crippen molar-refractivity contribution in [2.75, 3.05) is 39.9 Å². The molecule has 8 nitrogen and oxygen atoms in total. The van der Waals surface area contributed by atoms with Crippen LogP contribution in [0.5, 0.6) is 0 Å². The number of nitrogens with zero attached hydrogens (tertiary/aromatic N) is 3. The molecule has 2 saturated heterocycles. The largest absolute Gasteiger partial charge is 0.378 e. The lowest BCUT2D eigenvalue weighted by Gasteiger charge is -2.30. The molecule has 2 atom stereocenters. The Hall–Kier alpha value is -2.45. The van der Waals surface area contributed by atoms with Crippen LogP contribution in [0.2, 0.25) is 0 Å². The van der Waals surface area contributed by atoms with E-state index in [4.69, 9.17) is 4.74 Å². The van der Waals surface area contributed by atoms with Gasteiger partial charge >= 0.3 is 0 Å². The molecule has 2 amide bonds. The first kappa shape index (κ1) is 18.9. The summed E-state index contributed by atoms with van der Waals surface area (Å²) in [6.07, 6.45) is 2.47. The summed E-state index contributed by atoms with van der Waals surface area (Å²) < 4.78 is 5.32. The maximum atomic E-state index is 12.6. The van der Waals surface area contributed by atoms with E-state index >= 15 is 0 Å². The molecule has 0 saturated carbocycles. The van der Waals surface area contributed by atoms with E-state index in [9.17, 15) is 9.59 Å². The highest BCUT2D eigenvalue weighted by Crippen LogP contribution is 2.25. The summed E-state index contributed by atoms with van der Waals surface area (Å²) >= 11 is 0. The van der Waals surface area contributed by atoms with Gasteiger partial charge < -0.3 is 15.0 Å². The maximum Gasteiger partial charge on any atom is 0.272 e. The van der Waals surface area contributed by atoms with Gasteiger partial charge in [0.1, 0.15) is 0 Å². The molecule has 0 unspecified atom stereocenters. The zero-order valence-electron chi connectivity index (χ0n) is 16.2. The van der Waals surface area contributed by atoms with E-state index in [0.29, 0.717) is 45.0 Å². The molecule has 150 valence electrons. The van der Waals surface area contributed by atoms with Crippen molar-refractivity contribution < 1.29 is 14.3 Å². The van der Waals surface area contributed by atoms with Crippen LogP contribution in [0.3, 0.4) is 0 Å².